The highest BCUT2D eigenvalue weighted by molar-refractivity contribution is 7.92. The van der Waals surface area contributed by atoms with Gasteiger partial charge in [-0.15, -0.1) is 0 Å². The highest BCUT2D eigenvalue weighted by atomic mass is 32.2. The molecule has 0 bridgehead atoms. The predicted molar refractivity (Wildman–Crippen MR) is 127 cm³/mol. The number of nitrogens with zero attached hydrogens (tertiary/aromatic N) is 1. The Bertz CT molecular complexity index is 1020. The van der Waals surface area contributed by atoms with Gasteiger partial charge in [0.2, 0.25) is 15.9 Å². The summed E-state index contributed by atoms with van der Waals surface area (Å²) < 4.78 is 26.3. The van der Waals surface area contributed by atoms with Crippen LogP contribution in [0.1, 0.15) is 68.3 Å². The Balaban J connectivity index is 1.81. The molecule has 168 valence electrons. The molecule has 31 heavy (non-hydrogen) atoms. The van der Waals surface area contributed by atoms with E-state index < -0.39 is 16.1 Å². The van der Waals surface area contributed by atoms with Crippen molar-refractivity contribution in [3.63, 3.8) is 0 Å². The van der Waals surface area contributed by atoms with Crippen molar-refractivity contribution >= 4 is 21.6 Å². The summed E-state index contributed by atoms with van der Waals surface area (Å²) in [6.07, 6.45) is 7.39. The van der Waals surface area contributed by atoms with Crippen molar-refractivity contribution in [1.82, 2.24) is 5.32 Å². The summed E-state index contributed by atoms with van der Waals surface area (Å²) in [4.78, 5) is 13.1. The minimum Gasteiger partial charge on any atom is -0.347 e. The van der Waals surface area contributed by atoms with Gasteiger partial charge in [0.1, 0.15) is 6.04 Å². The van der Waals surface area contributed by atoms with Crippen LogP contribution in [0, 0.1) is 0 Å². The van der Waals surface area contributed by atoms with E-state index in [0.29, 0.717) is 5.69 Å². The fourth-order valence-electron chi connectivity index (χ4n) is 4.37. The number of amides is 1. The van der Waals surface area contributed by atoms with E-state index in [1.165, 1.54) is 28.3 Å². The number of nitrogens with one attached hydrogen (secondary N) is 1. The first-order valence-electron chi connectivity index (χ1n) is 11.2. The van der Waals surface area contributed by atoms with E-state index in [2.05, 4.69) is 23.5 Å². The topological polar surface area (TPSA) is 66.5 Å². The summed E-state index contributed by atoms with van der Waals surface area (Å²) >= 11 is 0. The minimum absolute atomic E-state index is 0.147. The van der Waals surface area contributed by atoms with Crippen molar-refractivity contribution in [1.29, 1.82) is 0 Å². The van der Waals surface area contributed by atoms with Gasteiger partial charge < -0.3 is 5.32 Å². The molecule has 0 spiro atoms. The Morgan fingerprint density at radius 1 is 1.03 bits per heavy atom. The number of hydrogen-bond donors (Lipinski definition) is 1. The molecule has 0 aromatic heterocycles. The van der Waals surface area contributed by atoms with Gasteiger partial charge in [0, 0.05) is 0 Å². The number of anilines is 1. The van der Waals surface area contributed by atoms with Gasteiger partial charge in [0.25, 0.3) is 0 Å². The van der Waals surface area contributed by atoms with Crippen LogP contribution >= 0.6 is 0 Å². The molecule has 0 saturated carbocycles. The Kier molecular flexibility index (Phi) is 7.42. The van der Waals surface area contributed by atoms with E-state index in [1.54, 1.807) is 19.1 Å². The Morgan fingerprint density at radius 2 is 1.68 bits per heavy atom. The molecule has 6 heteroatoms. The third-order valence-electron chi connectivity index (χ3n) is 6.19. The minimum atomic E-state index is -3.63. The molecular weight excluding hydrogens is 408 g/mol. The average molecular weight is 443 g/mol. The van der Waals surface area contributed by atoms with Gasteiger partial charge in [0.05, 0.1) is 18.0 Å². The molecule has 1 aliphatic carbocycles. The van der Waals surface area contributed by atoms with Crippen molar-refractivity contribution < 1.29 is 13.2 Å². The van der Waals surface area contributed by atoms with Crippen LogP contribution in [0.4, 0.5) is 5.69 Å². The summed E-state index contributed by atoms with van der Waals surface area (Å²) in [6.45, 7) is 5.72. The first-order valence-corrected chi connectivity index (χ1v) is 13.1. The Morgan fingerprint density at radius 3 is 2.26 bits per heavy atom. The van der Waals surface area contributed by atoms with Crippen molar-refractivity contribution in [2.24, 2.45) is 0 Å². The molecule has 3 rings (SSSR count). The zero-order chi connectivity index (χ0) is 22.6. The Hall–Kier alpha value is -2.34. The first-order chi connectivity index (χ1) is 14.7. The van der Waals surface area contributed by atoms with E-state index in [9.17, 15) is 13.2 Å². The lowest BCUT2D eigenvalue weighted by molar-refractivity contribution is -0.122. The van der Waals surface area contributed by atoms with Crippen molar-refractivity contribution in [2.45, 2.75) is 71.4 Å². The second-order valence-electron chi connectivity index (χ2n) is 8.46. The van der Waals surface area contributed by atoms with Crippen LogP contribution in [0.15, 0.2) is 42.5 Å². The third kappa shape index (κ3) is 5.48. The fraction of sp³-hybridized carbons (Fsp3) is 0.480. The van der Waals surface area contributed by atoms with Gasteiger partial charge in [0.15, 0.2) is 0 Å². The summed E-state index contributed by atoms with van der Waals surface area (Å²) in [7, 11) is -3.63. The first kappa shape index (κ1) is 23.3. The average Bonchev–Trinajstić information content (AvgIpc) is 2.76. The number of aryl methyl sites for hydroxylation is 3. The van der Waals surface area contributed by atoms with Crippen LogP contribution in [0.25, 0.3) is 0 Å². The van der Waals surface area contributed by atoms with E-state index in [0.717, 1.165) is 43.1 Å². The molecule has 1 aliphatic rings. The second-order valence-corrected chi connectivity index (χ2v) is 10.3. The number of sulfonamides is 1. The molecule has 1 N–H and O–H groups in total. The van der Waals surface area contributed by atoms with Crippen LogP contribution in [-0.2, 0) is 34.1 Å². The molecular formula is C25H34N2O3S. The van der Waals surface area contributed by atoms with E-state index >= 15 is 0 Å². The molecule has 2 aromatic rings. The van der Waals surface area contributed by atoms with Crippen molar-refractivity contribution in [3.05, 3.63) is 64.7 Å². The van der Waals surface area contributed by atoms with E-state index in [1.807, 2.05) is 26.0 Å². The maximum atomic E-state index is 13.1. The highest BCUT2D eigenvalue weighted by Crippen LogP contribution is 2.27. The smallest absolute Gasteiger partial charge is 0.244 e. The van der Waals surface area contributed by atoms with Gasteiger partial charge in [-0.1, -0.05) is 44.2 Å². The molecule has 5 nitrogen and oxygen atoms in total. The summed E-state index contributed by atoms with van der Waals surface area (Å²) in [5.74, 6) is -0.297. The summed E-state index contributed by atoms with van der Waals surface area (Å²) in [5.41, 5.74) is 5.49. The lowest BCUT2D eigenvalue weighted by Crippen LogP contribution is -2.48. The molecule has 2 atom stereocenters. The van der Waals surface area contributed by atoms with Crippen molar-refractivity contribution in [3.8, 4) is 0 Å². The second kappa shape index (κ2) is 9.86. The molecule has 0 heterocycles. The molecule has 1 amide bonds. The molecule has 0 radical (unpaired) electrons. The highest BCUT2D eigenvalue weighted by Gasteiger charge is 2.30. The van der Waals surface area contributed by atoms with Crippen molar-refractivity contribution in [2.75, 3.05) is 10.6 Å². The quantitative estimate of drug-likeness (QED) is 0.652. The van der Waals surface area contributed by atoms with Gasteiger partial charge in [-0.3, -0.25) is 9.10 Å². The number of benzene rings is 2. The third-order valence-corrected chi connectivity index (χ3v) is 7.43. The maximum Gasteiger partial charge on any atom is 0.244 e. The van der Waals surface area contributed by atoms with Crippen LogP contribution in [0.2, 0.25) is 0 Å². The standard InChI is InChI=1S/C25H34N2O3S/c1-5-19-11-15-23(16-12-19)27(31(4,29)30)18(3)25(28)26-24(6-2)22-14-13-20-9-7-8-10-21(20)17-22/h11-18,24H,5-10H2,1-4H3,(H,26,28)/t18-,24-/m0/s1. The Labute approximate surface area is 186 Å². The van der Waals surface area contributed by atoms with Gasteiger partial charge in [-0.2, -0.15) is 0 Å². The lowest BCUT2D eigenvalue weighted by atomic mass is 9.88. The van der Waals surface area contributed by atoms with Crippen LogP contribution in [0.5, 0.6) is 0 Å². The number of rotatable bonds is 8. The zero-order valence-corrected chi connectivity index (χ0v) is 19.8. The maximum absolute atomic E-state index is 13.1. The van der Waals surface area contributed by atoms with E-state index in [-0.39, 0.29) is 11.9 Å². The van der Waals surface area contributed by atoms with Crippen LogP contribution in [0.3, 0.4) is 0 Å². The zero-order valence-electron chi connectivity index (χ0n) is 19.0. The number of fused-ring (bicyclic) bond motifs is 1. The van der Waals surface area contributed by atoms with Crippen LogP contribution in [-0.4, -0.2) is 26.6 Å². The molecule has 0 unspecified atom stereocenters. The number of carbonyl (C=O) groups is 1. The normalized spacial score (nSPS) is 15.6. The van der Waals surface area contributed by atoms with Gasteiger partial charge in [-0.05, 0) is 79.8 Å². The lowest BCUT2D eigenvalue weighted by Gasteiger charge is -2.30. The molecule has 2 aromatic carbocycles. The van der Waals surface area contributed by atoms with Gasteiger partial charge >= 0.3 is 0 Å². The largest absolute Gasteiger partial charge is 0.347 e. The molecule has 0 aliphatic heterocycles. The molecule has 0 fully saturated rings. The summed E-state index contributed by atoms with van der Waals surface area (Å²) in [6, 6.07) is 12.8. The molecule has 0 saturated heterocycles. The number of hydrogen-bond acceptors (Lipinski definition) is 3. The summed E-state index contributed by atoms with van der Waals surface area (Å²) in [5, 5.41) is 3.09. The monoisotopic (exact) mass is 442 g/mol. The van der Waals surface area contributed by atoms with Crippen LogP contribution < -0.4 is 9.62 Å². The van der Waals surface area contributed by atoms with Gasteiger partial charge in [-0.25, -0.2) is 8.42 Å². The fourth-order valence-corrected chi connectivity index (χ4v) is 5.55. The SMILES string of the molecule is CCc1ccc(N([C@@H](C)C(=O)N[C@@H](CC)c2ccc3c(c2)CCCC3)S(C)(=O)=O)cc1. The number of carbonyl (C=O) groups excluding carboxylic acids is 1. The van der Waals surface area contributed by atoms with E-state index in [4.69, 9.17) is 0 Å². The predicted octanol–water partition coefficient (Wildman–Crippen LogP) is 4.55.